The zero-order valence-corrected chi connectivity index (χ0v) is 9.09. The maximum Gasteiger partial charge on any atom is 0.193 e. The van der Waals surface area contributed by atoms with E-state index in [0.29, 0.717) is 12.4 Å². The highest BCUT2D eigenvalue weighted by atomic mass is 32.1. The highest BCUT2D eigenvalue weighted by Crippen LogP contribution is 2.12. The molecule has 0 unspecified atom stereocenters. The Morgan fingerprint density at radius 1 is 1.44 bits per heavy atom. The second-order valence-corrected chi connectivity index (χ2v) is 4.23. The summed E-state index contributed by atoms with van der Waals surface area (Å²) < 4.78 is 3.75. The van der Waals surface area contributed by atoms with Crippen molar-refractivity contribution in [1.82, 2.24) is 18.9 Å². The van der Waals surface area contributed by atoms with Crippen LogP contribution in [0.5, 0.6) is 0 Å². The van der Waals surface area contributed by atoms with Gasteiger partial charge in [-0.1, -0.05) is 0 Å². The van der Waals surface area contributed by atoms with Gasteiger partial charge >= 0.3 is 0 Å². The van der Waals surface area contributed by atoms with E-state index in [1.165, 1.54) is 0 Å². The fourth-order valence-electron chi connectivity index (χ4n) is 1.60. The van der Waals surface area contributed by atoms with Gasteiger partial charge in [0.1, 0.15) is 0 Å². The lowest BCUT2D eigenvalue weighted by atomic mass is 10.4. The van der Waals surface area contributed by atoms with Gasteiger partial charge in [0.2, 0.25) is 0 Å². The first-order valence-electron chi connectivity index (χ1n) is 4.74. The molecule has 0 aromatic carbocycles. The molecule has 0 fully saturated rings. The zero-order chi connectivity index (χ0) is 11.0. The lowest BCUT2D eigenvalue weighted by Crippen LogP contribution is -2.03. The Bertz CT molecular complexity index is 607. The average molecular weight is 232 g/mol. The first kappa shape index (κ1) is 9.29. The van der Waals surface area contributed by atoms with Crippen LogP contribution in [0.15, 0.2) is 30.2 Å². The fraction of sp³-hybridized carbons (Fsp3) is 0.100. The molecule has 0 aliphatic heterocycles. The van der Waals surface area contributed by atoms with Crippen LogP contribution in [0.25, 0.3) is 4.96 Å². The third-order valence-corrected chi connectivity index (χ3v) is 3.10. The minimum absolute atomic E-state index is 0.427. The van der Waals surface area contributed by atoms with Crippen LogP contribution in [-0.4, -0.2) is 25.2 Å². The maximum atomic E-state index is 10.7. The van der Waals surface area contributed by atoms with Crippen molar-refractivity contribution in [2.75, 3.05) is 0 Å². The van der Waals surface area contributed by atoms with Crippen LogP contribution < -0.4 is 0 Å². The van der Waals surface area contributed by atoms with Crippen LogP contribution in [0.1, 0.15) is 16.3 Å². The molecule has 0 amide bonds. The van der Waals surface area contributed by atoms with Crippen molar-refractivity contribution < 1.29 is 4.79 Å². The Hall–Kier alpha value is -1.95. The highest BCUT2D eigenvalue weighted by molar-refractivity contribution is 7.15. The summed E-state index contributed by atoms with van der Waals surface area (Å²) in [4.78, 5) is 20.0. The lowest BCUT2D eigenvalue weighted by Gasteiger charge is -1.99. The molecule has 0 bridgehead atoms. The van der Waals surface area contributed by atoms with Gasteiger partial charge < -0.3 is 4.57 Å². The van der Waals surface area contributed by atoms with E-state index >= 15 is 0 Å². The van der Waals surface area contributed by atoms with Crippen molar-refractivity contribution in [3.63, 3.8) is 0 Å². The molecule has 0 spiro atoms. The molecule has 80 valence electrons. The molecule has 5 nitrogen and oxygen atoms in total. The van der Waals surface area contributed by atoms with E-state index in [1.54, 1.807) is 28.3 Å². The number of hydrogen-bond donors (Lipinski definition) is 0. The molecule has 0 saturated carbocycles. The van der Waals surface area contributed by atoms with Gasteiger partial charge in [-0.3, -0.25) is 9.20 Å². The molecular weight excluding hydrogens is 224 g/mol. The summed E-state index contributed by atoms with van der Waals surface area (Å²) in [6.07, 6.45) is 8.06. The van der Waals surface area contributed by atoms with Crippen LogP contribution in [0.3, 0.4) is 0 Å². The van der Waals surface area contributed by atoms with Crippen LogP contribution in [0.2, 0.25) is 0 Å². The monoisotopic (exact) mass is 232 g/mol. The number of rotatable bonds is 3. The Balaban J connectivity index is 1.95. The number of nitrogens with zero attached hydrogens (tertiary/aromatic N) is 4. The molecule has 3 rings (SSSR count). The molecule has 0 aliphatic rings. The van der Waals surface area contributed by atoms with Crippen LogP contribution in [0, 0.1) is 0 Å². The van der Waals surface area contributed by atoms with Gasteiger partial charge in [-0.25, -0.2) is 9.97 Å². The summed E-state index contributed by atoms with van der Waals surface area (Å²) in [7, 11) is 0. The van der Waals surface area contributed by atoms with Crippen molar-refractivity contribution >= 4 is 22.6 Å². The maximum absolute atomic E-state index is 10.7. The van der Waals surface area contributed by atoms with Gasteiger partial charge in [-0.05, 0) is 0 Å². The number of imidazole rings is 2. The van der Waals surface area contributed by atoms with E-state index in [9.17, 15) is 4.79 Å². The largest absolute Gasteiger partial charge is 0.323 e. The van der Waals surface area contributed by atoms with E-state index in [4.69, 9.17) is 0 Å². The van der Waals surface area contributed by atoms with Crippen LogP contribution >= 0.6 is 11.3 Å². The van der Waals surface area contributed by atoms with Crippen molar-refractivity contribution in [2.45, 2.75) is 6.54 Å². The number of carbonyl (C=O) groups excluding carboxylic acids is 1. The summed E-state index contributed by atoms with van der Waals surface area (Å²) >= 11 is 1.59. The smallest absolute Gasteiger partial charge is 0.193 e. The molecule has 3 heterocycles. The molecule has 0 atom stereocenters. The Morgan fingerprint density at radius 2 is 2.38 bits per heavy atom. The molecule has 3 aromatic heterocycles. The van der Waals surface area contributed by atoms with Crippen molar-refractivity contribution in [3.05, 3.63) is 41.7 Å². The molecule has 16 heavy (non-hydrogen) atoms. The Kier molecular flexibility index (Phi) is 2.07. The van der Waals surface area contributed by atoms with E-state index in [-0.39, 0.29) is 0 Å². The van der Waals surface area contributed by atoms with E-state index in [2.05, 4.69) is 9.97 Å². The van der Waals surface area contributed by atoms with Gasteiger partial charge in [-0.15, -0.1) is 11.3 Å². The third kappa shape index (κ3) is 1.43. The number of aldehydes is 1. The fourth-order valence-corrected chi connectivity index (χ4v) is 2.32. The van der Waals surface area contributed by atoms with Gasteiger partial charge in [0, 0.05) is 30.2 Å². The minimum atomic E-state index is 0.427. The molecule has 0 N–H and O–H groups in total. The van der Waals surface area contributed by atoms with Crippen molar-refractivity contribution in [2.24, 2.45) is 0 Å². The molecular formula is C10H8N4OS. The van der Waals surface area contributed by atoms with E-state index in [0.717, 1.165) is 16.9 Å². The number of fused-ring (bicyclic) bond motifs is 1. The number of aromatic nitrogens is 4. The van der Waals surface area contributed by atoms with Gasteiger partial charge in [-0.2, -0.15) is 0 Å². The standard InChI is InChI=1S/C10H8N4OS/c15-7-9-11-1-2-13(9)5-8-6-14-3-4-16-10(14)12-8/h1-4,6-7H,5H2. The normalized spacial score (nSPS) is 11.0. The van der Waals surface area contributed by atoms with Crippen molar-refractivity contribution in [3.8, 4) is 0 Å². The number of hydrogen-bond acceptors (Lipinski definition) is 4. The quantitative estimate of drug-likeness (QED) is 0.642. The average Bonchev–Trinajstić information content (AvgIpc) is 2.92. The molecule has 6 heteroatoms. The lowest BCUT2D eigenvalue weighted by molar-refractivity contribution is 0.111. The predicted molar refractivity (Wildman–Crippen MR) is 59.8 cm³/mol. The topological polar surface area (TPSA) is 52.2 Å². The zero-order valence-electron chi connectivity index (χ0n) is 8.28. The van der Waals surface area contributed by atoms with Crippen LogP contribution in [-0.2, 0) is 6.54 Å². The Morgan fingerprint density at radius 3 is 3.19 bits per heavy atom. The van der Waals surface area contributed by atoms with Gasteiger partial charge in [0.05, 0.1) is 12.2 Å². The second-order valence-electron chi connectivity index (χ2n) is 3.36. The predicted octanol–water partition coefficient (Wildman–Crippen LogP) is 1.45. The van der Waals surface area contributed by atoms with Gasteiger partial charge in [0.25, 0.3) is 0 Å². The van der Waals surface area contributed by atoms with Crippen molar-refractivity contribution in [1.29, 1.82) is 0 Å². The summed E-state index contributed by atoms with van der Waals surface area (Å²) in [5, 5.41) is 1.99. The molecule has 0 saturated heterocycles. The molecule has 0 radical (unpaired) electrons. The minimum Gasteiger partial charge on any atom is -0.323 e. The Labute approximate surface area is 95.0 Å². The third-order valence-electron chi connectivity index (χ3n) is 2.33. The highest BCUT2D eigenvalue weighted by Gasteiger charge is 2.06. The summed E-state index contributed by atoms with van der Waals surface area (Å²) in [5.41, 5.74) is 0.924. The number of carbonyl (C=O) groups is 1. The summed E-state index contributed by atoms with van der Waals surface area (Å²) in [6.45, 7) is 0.572. The molecule has 3 aromatic rings. The second kappa shape index (κ2) is 3.57. The summed E-state index contributed by atoms with van der Waals surface area (Å²) in [6, 6.07) is 0. The first-order chi connectivity index (χ1) is 7.86. The van der Waals surface area contributed by atoms with E-state index < -0.39 is 0 Å². The first-order valence-corrected chi connectivity index (χ1v) is 5.62. The number of thiazole rings is 1. The SMILES string of the molecule is O=Cc1nccn1Cc1cn2ccsc2n1. The van der Waals surface area contributed by atoms with Crippen LogP contribution in [0.4, 0.5) is 0 Å². The van der Waals surface area contributed by atoms with E-state index in [1.807, 2.05) is 22.2 Å². The summed E-state index contributed by atoms with van der Waals surface area (Å²) in [5.74, 6) is 0.427. The van der Waals surface area contributed by atoms with Gasteiger partial charge in [0.15, 0.2) is 17.1 Å². The molecule has 0 aliphatic carbocycles.